The highest BCUT2D eigenvalue weighted by Crippen LogP contribution is 2.42. The molecule has 1 aliphatic carbocycles. The van der Waals surface area contributed by atoms with Crippen molar-refractivity contribution in [3.8, 4) is 17.0 Å². The van der Waals surface area contributed by atoms with E-state index < -0.39 is 35.2 Å². The molecule has 44 heavy (non-hydrogen) atoms. The lowest BCUT2D eigenvalue weighted by molar-refractivity contribution is 0.0565. The number of benzene rings is 1. The van der Waals surface area contributed by atoms with Gasteiger partial charge in [-0.3, -0.25) is 15.5 Å². The van der Waals surface area contributed by atoms with E-state index in [-0.39, 0.29) is 47.5 Å². The van der Waals surface area contributed by atoms with Crippen molar-refractivity contribution in [3.05, 3.63) is 35.9 Å². The minimum absolute atomic E-state index is 0.0886. The van der Waals surface area contributed by atoms with Crippen molar-refractivity contribution in [2.24, 2.45) is 0 Å². The van der Waals surface area contributed by atoms with E-state index in [1.54, 1.807) is 60.6 Å². The van der Waals surface area contributed by atoms with Crippen LogP contribution in [0.1, 0.15) is 59.9 Å². The Morgan fingerprint density at radius 1 is 0.977 bits per heavy atom. The summed E-state index contributed by atoms with van der Waals surface area (Å²) in [5.41, 5.74) is -0.418. The standard InChI is InChI=1S/C31H37FN6O6/c1-16-20(14-34-26-25(16)38(10-11-42-26)29(41)44-31(5,6)7)19-12-17-13-22(36-27(39)35-18-8-9-18)33-15-21(17)24(23(19)32)37-28(40)43-30(2,3)4/h12-15,18H,8-11H2,1-7H3,(H,37,40)(H2,33,35,36,39). The Bertz CT molecular complexity index is 1640. The number of hydrogen-bond donors (Lipinski definition) is 3. The molecule has 2 aliphatic rings. The van der Waals surface area contributed by atoms with Crippen LogP contribution in [0.3, 0.4) is 0 Å². The maximum absolute atomic E-state index is 16.5. The summed E-state index contributed by atoms with van der Waals surface area (Å²) in [5, 5.41) is 8.84. The molecule has 0 radical (unpaired) electrons. The van der Waals surface area contributed by atoms with Crippen molar-refractivity contribution < 1.29 is 33.0 Å². The number of urea groups is 1. The SMILES string of the molecule is Cc1c(-c2cc3cc(NC(=O)NC4CC4)ncc3c(NC(=O)OC(C)(C)C)c2F)cnc2c1N(C(=O)OC(C)(C)C)CCO2. The molecular weight excluding hydrogens is 571 g/mol. The lowest BCUT2D eigenvalue weighted by Gasteiger charge is -2.32. The van der Waals surface area contributed by atoms with Crippen molar-refractivity contribution in [1.29, 1.82) is 0 Å². The minimum atomic E-state index is -0.856. The molecule has 2 aromatic heterocycles. The fourth-order valence-electron chi connectivity index (χ4n) is 4.74. The summed E-state index contributed by atoms with van der Waals surface area (Å²) in [6.45, 7) is 12.6. The van der Waals surface area contributed by atoms with E-state index in [1.165, 1.54) is 17.3 Å². The highest BCUT2D eigenvalue weighted by atomic mass is 19.1. The third-order valence-electron chi connectivity index (χ3n) is 6.74. The van der Waals surface area contributed by atoms with Gasteiger partial charge >= 0.3 is 18.2 Å². The Labute approximate surface area is 254 Å². The number of carbonyl (C=O) groups excluding carboxylic acids is 3. The Hall–Kier alpha value is -4.68. The summed E-state index contributed by atoms with van der Waals surface area (Å²) >= 11 is 0. The highest BCUT2D eigenvalue weighted by Gasteiger charge is 2.32. The van der Waals surface area contributed by atoms with Gasteiger partial charge in [0.05, 0.1) is 12.2 Å². The lowest BCUT2D eigenvalue weighted by atomic mass is 9.96. The summed E-state index contributed by atoms with van der Waals surface area (Å²) < 4.78 is 33.2. The van der Waals surface area contributed by atoms with Gasteiger partial charge in [0.1, 0.15) is 29.3 Å². The number of nitrogens with one attached hydrogen (secondary N) is 3. The Morgan fingerprint density at radius 3 is 2.34 bits per heavy atom. The molecule has 3 heterocycles. The predicted octanol–water partition coefficient (Wildman–Crippen LogP) is 6.51. The van der Waals surface area contributed by atoms with Crippen LogP contribution in [-0.4, -0.2) is 58.6 Å². The number of ether oxygens (including phenoxy) is 3. The molecule has 0 bridgehead atoms. The van der Waals surface area contributed by atoms with Gasteiger partial charge in [-0.15, -0.1) is 0 Å². The van der Waals surface area contributed by atoms with E-state index in [0.29, 0.717) is 22.2 Å². The zero-order valence-corrected chi connectivity index (χ0v) is 25.9. The van der Waals surface area contributed by atoms with E-state index >= 15 is 4.39 Å². The van der Waals surface area contributed by atoms with E-state index in [1.807, 2.05) is 0 Å². The van der Waals surface area contributed by atoms with Crippen LogP contribution in [0.15, 0.2) is 24.5 Å². The summed E-state index contributed by atoms with van der Waals surface area (Å²) in [6, 6.07) is 2.91. The van der Waals surface area contributed by atoms with Crippen LogP contribution in [0.4, 0.5) is 36.0 Å². The van der Waals surface area contributed by atoms with Crippen molar-refractivity contribution in [2.75, 3.05) is 28.7 Å². The average Bonchev–Trinajstić information content (AvgIpc) is 3.72. The molecule has 0 unspecified atom stereocenters. The number of rotatable bonds is 4. The molecule has 4 amide bonds. The average molecular weight is 609 g/mol. The smallest absolute Gasteiger partial charge is 0.415 e. The first-order valence-electron chi connectivity index (χ1n) is 14.4. The second kappa shape index (κ2) is 11.4. The van der Waals surface area contributed by atoms with Gasteiger partial charge in [0, 0.05) is 34.9 Å². The first-order chi connectivity index (χ1) is 20.6. The van der Waals surface area contributed by atoms with Gasteiger partial charge in [0.25, 0.3) is 0 Å². The van der Waals surface area contributed by atoms with Gasteiger partial charge in [0.15, 0.2) is 5.82 Å². The molecule has 12 nitrogen and oxygen atoms in total. The molecule has 0 spiro atoms. The fraction of sp³-hybridized carbons (Fsp3) is 0.452. The van der Waals surface area contributed by atoms with Crippen LogP contribution in [0, 0.1) is 12.7 Å². The van der Waals surface area contributed by atoms with Gasteiger partial charge in [-0.25, -0.2) is 28.7 Å². The predicted molar refractivity (Wildman–Crippen MR) is 164 cm³/mol. The first-order valence-corrected chi connectivity index (χ1v) is 14.4. The molecule has 1 fully saturated rings. The number of amides is 4. The van der Waals surface area contributed by atoms with Gasteiger partial charge in [-0.1, -0.05) is 0 Å². The van der Waals surface area contributed by atoms with Crippen LogP contribution < -0.4 is 25.6 Å². The molecule has 0 atom stereocenters. The van der Waals surface area contributed by atoms with E-state index in [9.17, 15) is 14.4 Å². The zero-order chi connectivity index (χ0) is 32.0. The molecule has 3 aromatic rings. The topological polar surface area (TPSA) is 144 Å². The highest BCUT2D eigenvalue weighted by molar-refractivity contribution is 6.05. The Balaban J connectivity index is 1.62. The maximum Gasteiger partial charge on any atom is 0.415 e. The summed E-state index contributed by atoms with van der Waals surface area (Å²) in [5.74, 6) is -0.307. The largest absolute Gasteiger partial charge is 0.474 e. The molecular formula is C31H37FN6O6. The van der Waals surface area contributed by atoms with Crippen LogP contribution in [-0.2, 0) is 9.47 Å². The van der Waals surface area contributed by atoms with Crippen LogP contribution in [0.2, 0.25) is 0 Å². The number of pyridine rings is 2. The number of halogens is 1. The van der Waals surface area contributed by atoms with Crippen molar-refractivity contribution in [1.82, 2.24) is 15.3 Å². The number of aromatic nitrogens is 2. The van der Waals surface area contributed by atoms with Gasteiger partial charge in [0.2, 0.25) is 5.88 Å². The summed E-state index contributed by atoms with van der Waals surface area (Å²) in [6.07, 6.45) is 3.24. The quantitative estimate of drug-likeness (QED) is 0.304. The summed E-state index contributed by atoms with van der Waals surface area (Å²) in [7, 11) is 0. The maximum atomic E-state index is 16.5. The second-order valence-electron chi connectivity index (χ2n) is 12.8. The van der Waals surface area contributed by atoms with Crippen LogP contribution in [0.25, 0.3) is 21.9 Å². The number of hydrogen-bond acceptors (Lipinski definition) is 8. The molecule has 3 N–H and O–H groups in total. The molecule has 234 valence electrons. The number of fused-ring (bicyclic) bond motifs is 2. The molecule has 1 aliphatic heterocycles. The van der Waals surface area contributed by atoms with E-state index in [0.717, 1.165) is 12.8 Å². The number of nitrogens with zero attached hydrogens (tertiary/aromatic N) is 3. The Kier molecular flexibility index (Phi) is 8.00. The van der Waals surface area contributed by atoms with Gasteiger partial charge < -0.3 is 19.5 Å². The lowest BCUT2D eigenvalue weighted by Crippen LogP contribution is -2.42. The monoisotopic (exact) mass is 608 g/mol. The second-order valence-corrected chi connectivity index (χ2v) is 12.8. The molecule has 5 rings (SSSR count). The zero-order valence-electron chi connectivity index (χ0n) is 25.9. The third-order valence-corrected chi connectivity index (χ3v) is 6.74. The van der Waals surface area contributed by atoms with Crippen molar-refractivity contribution >= 4 is 46.2 Å². The van der Waals surface area contributed by atoms with Crippen molar-refractivity contribution in [3.63, 3.8) is 0 Å². The van der Waals surface area contributed by atoms with E-state index in [4.69, 9.17) is 14.2 Å². The van der Waals surface area contributed by atoms with Gasteiger partial charge in [-0.2, -0.15) is 0 Å². The molecule has 1 saturated carbocycles. The normalized spacial score (nSPS) is 14.8. The molecule has 1 aromatic carbocycles. The fourth-order valence-corrected chi connectivity index (χ4v) is 4.74. The van der Waals surface area contributed by atoms with Crippen molar-refractivity contribution in [2.45, 2.75) is 78.6 Å². The third kappa shape index (κ3) is 6.92. The number of carbonyl (C=O) groups is 3. The first kappa shape index (κ1) is 30.8. The molecule has 13 heteroatoms. The van der Waals surface area contributed by atoms with E-state index in [2.05, 4.69) is 25.9 Å². The van der Waals surface area contributed by atoms with Crippen LogP contribution >= 0.6 is 0 Å². The Morgan fingerprint density at radius 2 is 1.68 bits per heavy atom. The number of anilines is 3. The minimum Gasteiger partial charge on any atom is -0.474 e. The molecule has 0 saturated heterocycles. The van der Waals surface area contributed by atoms with Gasteiger partial charge in [-0.05, 0) is 84.4 Å². The van der Waals surface area contributed by atoms with Crippen LogP contribution in [0.5, 0.6) is 5.88 Å². The summed E-state index contributed by atoms with van der Waals surface area (Å²) in [4.78, 5) is 48.4.